The Kier molecular flexibility index (Phi) is 4.29. The second kappa shape index (κ2) is 5.50. The van der Waals surface area contributed by atoms with Gasteiger partial charge in [0.2, 0.25) is 10.0 Å². The Balaban J connectivity index is 2.75. The van der Waals surface area contributed by atoms with Crippen molar-refractivity contribution in [3.63, 3.8) is 0 Å². The van der Waals surface area contributed by atoms with Crippen LogP contribution in [-0.4, -0.2) is 15.0 Å². The molecule has 0 saturated carbocycles. The van der Waals surface area contributed by atoms with E-state index in [9.17, 15) is 8.42 Å². The van der Waals surface area contributed by atoms with E-state index < -0.39 is 10.0 Å². The topological polar surface area (TPSA) is 46.2 Å². The molecule has 1 aromatic rings. The highest BCUT2D eigenvalue weighted by Crippen LogP contribution is 2.09. The van der Waals surface area contributed by atoms with Gasteiger partial charge in [-0.3, -0.25) is 0 Å². The number of aryl methyl sites for hydroxylation is 1. The summed E-state index contributed by atoms with van der Waals surface area (Å²) in [6.45, 7) is 2.10. The number of benzene rings is 1. The van der Waals surface area contributed by atoms with E-state index in [1.54, 1.807) is 30.3 Å². The van der Waals surface area contributed by atoms with Gasteiger partial charge >= 0.3 is 0 Å². The molecule has 1 aromatic carbocycles. The molecule has 0 saturated heterocycles. The van der Waals surface area contributed by atoms with E-state index >= 15 is 0 Å². The Hall–Kier alpha value is -1.57. The largest absolute Gasteiger partial charge is 0.240 e. The Morgan fingerprint density at radius 2 is 2.00 bits per heavy atom. The van der Waals surface area contributed by atoms with Gasteiger partial charge in [0.05, 0.1) is 4.90 Å². The first kappa shape index (κ1) is 12.5. The first-order chi connectivity index (χ1) is 7.56. The van der Waals surface area contributed by atoms with Crippen LogP contribution in [0.3, 0.4) is 0 Å². The van der Waals surface area contributed by atoms with Crippen molar-refractivity contribution in [3.05, 3.63) is 42.0 Å². The van der Waals surface area contributed by atoms with Crippen LogP contribution in [-0.2, 0) is 10.0 Å². The minimum atomic E-state index is -3.43. The molecule has 0 radical (unpaired) electrons. The minimum Gasteiger partial charge on any atom is -0.207 e. The van der Waals surface area contributed by atoms with Gasteiger partial charge in [0.1, 0.15) is 0 Å². The standard InChI is InChI=1S/C12H13NO2S/c1-3-4-5-10-13-16(14,15)12-8-6-11(2)7-9-12/h1,4-9,13H,10H2,2H3/b5-4+. The van der Waals surface area contributed by atoms with Crippen LogP contribution in [0.4, 0.5) is 0 Å². The molecule has 0 bridgehead atoms. The third kappa shape index (κ3) is 3.54. The summed E-state index contributed by atoms with van der Waals surface area (Å²) in [5.74, 6) is 2.29. The number of hydrogen-bond donors (Lipinski definition) is 1. The molecule has 3 nitrogen and oxygen atoms in total. The van der Waals surface area contributed by atoms with Crippen molar-refractivity contribution in [2.75, 3.05) is 6.54 Å². The molecule has 0 spiro atoms. The molecule has 4 heteroatoms. The first-order valence-corrected chi connectivity index (χ1v) is 6.22. The third-order valence-corrected chi connectivity index (χ3v) is 3.38. The highest BCUT2D eigenvalue weighted by molar-refractivity contribution is 7.89. The van der Waals surface area contributed by atoms with Crippen LogP contribution in [0.1, 0.15) is 5.56 Å². The first-order valence-electron chi connectivity index (χ1n) is 4.74. The second-order valence-corrected chi connectivity index (χ2v) is 5.00. The van der Waals surface area contributed by atoms with Crippen LogP contribution in [0.15, 0.2) is 41.3 Å². The number of sulfonamides is 1. The number of hydrogen-bond acceptors (Lipinski definition) is 2. The maximum Gasteiger partial charge on any atom is 0.240 e. The molecular formula is C12H13NO2S. The molecule has 0 aromatic heterocycles. The molecule has 0 fully saturated rings. The maximum absolute atomic E-state index is 11.7. The van der Waals surface area contributed by atoms with Gasteiger partial charge in [-0.2, -0.15) is 0 Å². The van der Waals surface area contributed by atoms with Crippen LogP contribution in [0.2, 0.25) is 0 Å². The zero-order chi connectivity index (χ0) is 12.0. The highest BCUT2D eigenvalue weighted by Gasteiger charge is 2.11. The van der Waals surface area contributed by atoms with Crippen molar-refractivity contribution in [3.8, 4) is 12.3 Å². The van der Waals surface area contributed by atoms with E-state index in [1.165, 1.54) is 6.08 Å². The smallest absolute Gasteiger partial charge is 0.207 e. The van der Waals surface area contributed by atoms with Gasteiger partial charge in [0, 0.05) is 6.54 Å². The minimum absolute atomic E-state index is 0.195. The summed E-state index contributed by atoms with van der Waals surface area (Å²) in [5.41, 5.74) is 1.02. The summed E-state index contributed by atoms with van der Waals surface area (Å²) in [4.78, 5) is 0.257. The van der Waals surface area contributed by atoms with Crippen molar-refractivity contribution in [2.24, 2.45) is 0 Å². The molecular weight excluding hydrogens is 222 g/mol. The molecule has 16 heavy (non-hydrogen) atoms. The van der Waals surface area contributed by atoms with Gasteiger partial charge in [0.15, 0.2) is 0 Å². The zero-order valence-corrected chi connectivity index (χ0v) is 9.79. The van der Waals surface area contributed by atoms with Crippen molar-refractivity contribution in [1.82, 2.24) is 4.72 Å². The van der Waals surface area contributed by atoms with Gasteiger partial charge in [-0.25, -0.2) is 13.1 Å². The lowest BCUT2D eigenvalue weighted by atomic mass is 10.2. The zero-order valence-electron chi connectivity index (χ0n) is 8.97. The fourth-order valence-corrected chi connectivity index (χ4v) is 2.06. The number of rotatable bonds is 4. The van der Waals surface area contributed by atoms with E-state index in [0.717, 1.165) is 5.56 Å². The van der Waals surface area contributed by atoms with Crippen LogP contribution in [0, 0.1) is 19.3 Å². The lowest BCUT2D eigenvalue weighted by Gasteiger charge is -2.04. The van der Waals surface area contributed by atoms with Crippen LogP contribution >= 0.6 is 0 Å². The molecule has 0 amide bonds. The Morgan fingerprint density at radius 1 is 1.38 bits per heavy atom. The fourth-order valence-electron chi connectivity index (χ4n) is 1.09. The molecule has 84 valence electrons. The second-order valence-electron chi connectivity index (χ2n) is 3.23. The molecule has 0 aliphatic heterocycles. The number of terminal acetylenes is 1. The summed E-state index contributed by atoms with van der Waals surface area (Å²) in [5, 5.41) is 0. The molecule has 0 unspecified atom stereocenters. The van der Waals surface area contributed by atoms with Crippen LogP contribution in [0.25, 0.3) is 0 Å². The average Bonchev–Trinajstić information content (AvgIpc) is 2.25. The molecule has 1 rings (SSSR count). The van der Waals surface area contributed by atoms with Gasteiger partial charge < -0.3 is 0 Å². The van der Waals surface area contributed by atoms with Gasteiger partial charge in [-0.1, -0.05) is 29.7 Å². The van der Waals surface area contributed by atoms with Gasteiger partial charge in [0.25, 0.3) is 0 Å². The lowest BCUT2D eigenvalue weighted by Crippen LogP contribution is -2.23. The SMILES string of the molecule is C#C/C=C/CNS(=O)(=O)c1ccc(C)cc1. The van der Waals surface area contributed by atoms with E-state index in [1.807, 2.05) is 6.92 Å². The lowest BCUT2D eigenvalue weighted by molar-refractivity contribution is 0.585. The highest BCUT2D eigenvalue weighted by atomic mass is 32.2. The van der Waals surface area contributed by atoms with Gasteiger partial charge in [-0.05, 0) is 25.1 Å². The summed E-state index contributed by atoms with van der Waals surface area (Å²) in [6.07, 6.45) is 8.02. The van der Waals surface area contributed by atoms with E-state index in [0.29, 0.717) is 0 Å². The quantitative estimate of drug-likeness (QED) is 0.803. The van der Waals surface area contributed by atoms with E-state index in [4.69, 9.17) is 6.42 Å². The van der Waals surface area contributed by atoms with Gasteiger partial charge in [-0.15, -0.1) is 6.42 Å². The Bertz CT molecular complexity index is 507. The van der Waals surface area contributed by atoms with Crippen LogP contribution < -0.4 is 4.72 Å². The Labute approximate surface area is 96.2 Å². The molecule has 0 aliphatic carbocycles. The van der Waals surface area contributed by atoms with Crippen molar-refractivity contribution in [2.45, 2.75) is 11.8 Å². The predicted octanol–water partition coefficient (Wildman–Crippen LogP) is 1.46. The summed E-state index contributed by atoms with van der Waals surface area (Å²) in [6, 6.07) is 6.66. The average molecular weight is 235 g/mol. The molecule has 0 aliphatic rings. The number of nitrogens with one attached hydrogen (secondary N) is 1. The Morgan fingerprint density at radius 3 is 2.56 bits per heavy atom. The predicted molar refractivity (Wildman–Crippen MR) is 64.3 cm³/mol. The molecule has 0 heterocycles. The third-order valence-electron chi connectivity index (χ3n) is 1.94. The summed E-state index contributed by atoms with van der Waals surface area (Å²) in [7, 11) is -3.43. The molecule has 1 N–H and O–H groups in total. The van der Waals surface area contributed by atoms with Crippen molar-refractivity contribution >= 4 is 10.0 Å². The van der Waals surface area contributed by atoms with Crippen molar-refractivity contribution in [1.29, 1.82) is 0 Å². The fraction of sp³-hybridized carbons (Fsp3) is 0.167. The normalized spacial score (nSPS) is 11.5. The monoisotopic (exact) mass is 235 g/mol. The van der Waals surface area contributed by atoms with Crippen LogP contribution in [0.5, 0.6) is 0 Å². The van der Waals surface area contributed by atoms with E-state index in [2.05, 4.69) is 10.6 Å². The molecule has 0 atom stereocenters. The van der Waals surface area contributed by atoms with E-state index in [-0.39, 0.29) is 11.4 Å². The summed E-state index contributed by atoms with van der Waals surface area (Å²) >= 11 is 0. The maximum atomic E-state index is 11.7. The number of allylic oxidation sites excluding steroid dienone is 1. The summed E-state index contributed by atoms with van der Waals surface area (Å²) < 4.78 is 25.8. The van der Waals surface area contributed by atoms with Crippen molar-refractivity contribution < 1.29 is 8.42 Å².